The van der Waals surface area contributed by atoms with Crippen molar-refractivity contribution in [3.05, 3.63) is 76.2 Å². The first-order valence-corrected chi connectivity index (χ1v) is 17.6. The molecular formula is C36H45BBrN7O5. The molecule has 5 aromatic rings. The summed E-state index contributed by atoms with van der Waals surface area (Å²) in [6, 6.07) is 17.9. The summed E-state index contributed by atoms with van der Waals surface area (Å²) in [5, 5.41) is 8.49. The van der Waals surface area contributed by atoms with Crippen molar-refractivity contribution in [3.8, 4) is 0 Å². The first-order valence-electron chi connectivity index (χ1n) is 16.8. The molecule has 1 aliphatic rings. The van der Waals surface area contributed by atoms with Crippen LogP contribution in [0, 0.1) is 0 Å². The number of halogens is 1. The van der Waals surface area contributed by atoms with Crippen LogP contribution in [0.1, 0.15) is 65.5 Å². The van der Waals surface area contributed by atoms with Crippen LogP contribution in [-0.2, 0) is 44.9 Å². The zero-order chi connectivity index (χ0) is 35.8. The van der Waals surface area contributed by atoms with Crippen molar-refractivity contribution in [2.24, 2.45) is 0 Å². The highest BCUT2D eigenvalue weighted by Crippen LogP contribution is 2.36. The molecule has 0 bridgehead atoms. The standard InChI is InChI=1S/C36H45BBrN7O5/c1-34(2,3)48-33(46)44(16-15-25-20-28(43-42-25)37-49-35(4,5)36(6,7)50-37)21-29-41-30-31(26-14-13-24(38)19-27(26)40-32(30)39)45(29)17-18-47-22-23-11-9-8-10-12-23/h8-14,19-20H,15-18,21-22H2,1-7H3,(H2,39,40)(H,42,43). The molecule has 6 rings (SSSR count). The van der Waals surface area contributed by atoms with Crippen LogP contribution in [0.4, 0.5) is 10.6 Å². The molecule has 12 nitrogen and oxygen atoms in total. The van der Waals surface area contributed by atoms with Crippen molar-refractivity contribution in [1.82, 2.24) is 29.6 Å². The maximum Gasteiger partial charge on any atom is 0.513 e. The van der Waals surface area contributed by atoms with Crippen molar-refractivity contribution >= 4 is 62.5 Å². The number of nitrogens with two attached hydrogens (primary N) is 1. The van der Waals surface area contributed by atoms with Crippen LogP contribution in [0.3, 0.4) is 0 Å². The molecule has 0 saturated carbocycles. The number of carbonyl (C=O) groups excluding carboxylic acids is 1. The number of nitrogens with one attached hydrogen (secondary N) is 1. The number of anilines is 1. The van der Waals surface area contributed by atoms with Crippen LogP contribution < -0.4 is 11.3 Å². The molecule has 1 amide bonds. The molecule has 50 heavy (non-hydrogen) atoms. The third-order valence-electron chi connectivity index (χ3n) is 9.10. The highest BCUT2D eigenvalue weighted by molar-refractivity contribution is 9.10. The second kappa shape index (κ2) is 14.0. The van der Waals surface area contributed by atoms with E-state index in [1.807, 2.05) is 103 Å². The third-order valence-corrected chi connectivity index (χ3v) is 9.59. The Morgan fingerprint density at radius 2 is 1.78 bits per heavy atom. The zero-order valence-corrected chi connectivity index (χ0v) is 31.3. The van der Waals surface area contributed by atoms with E-state index in [1.54, 1.807) is 4.90 Å². The Morgan fingerprint density at radius 1 is 1.06 bits per heavy atom. The van der Waals surface area contributed by atoms with Gasteiger partial charge in [0.25, 0.3) is 0 Å². The second-order valence-corrected chi connectivity index (χ2v) is 15.5. The molecular weight excluding hydrogens is 701 g/mol. The molecule has 1 fully saturated rings. The number of pyridine rings is 1. The van der Waals surface area contributed by atoms with Gasteiger partial charge in [0.1, 0.15) is 16.9 Å². The number of hydrogen-bond acceptors (Lipinski definition) is 9. The van der Waals surface area contributed by atoms with Gasteiger partial charge in [0.2, 0.25) is 0 Å². The van der Waals surface area contributed by atoms with Crippen molar-refractivity contribution < 1.29 is 23.6 Å². The van der Waals surface area contributed by atoms with Crippen LogP contribution >= 0.6 is 15.9 Å². The number of benzene rings is 2. The van der Waals surface area contributed by atoms with Gasteiger partial charge in [0.05, 0.1) is 53.3 Å². The lowest BCUT2D eigenvalue weighted by molar-refractivity contribution is 0.00578. The Labute approximate surface area is 301 Å². The van der Waals surface area contributed by atoms with Gasteiger partial charge in [-0.2, -0.15) is 5.10 Å². The fraction of sp³-hybridized carbons (Fsp3) is 0.444. The molecule has 4 heterocycles. The average molecular weight is 747 g/mol. The van der Waals surface area contributed by atoms with E-state index in [-0.39, 0.29) is 6.54 Å². The van der Waals surface area contributed by atoms with E-state index < -0.39 is 30.0 Å². The van der Waals surface area contributed by atoms with Gasteiger partial charge in [-0.25, -0.2) is 14.8 Å². The van der Waals surface area contributed by atoms with Crippen molar-refractivity contribution in [2.45, 2.75) is 91.4 Å². The van der Waals surface area contributed by atoms with Crippen molar-refractivity contribution in [3.63, 3.8) is 0 Å². The van der Waals surface area contributed by atoms with Crippen LogP contribution in [-0.4, -0.2) is 72.8 Å². The normalized spacial score (nSPS) is 15.6. The van der Waals surface area contributed by atoms with E-state index in [9.17, 15) is 4.79 Å². The smallest absolute Gasteiger partial charge is 0.444 e. The van der Waals surface area contributed by atoms with Crippen LogP contribution in [0.5, 0.6) is 0 Å². The number of H-pyrrole nitrogens is 1. The third kappa shape index (κ3) is 7.83. The highest BCUT2D eigenvalue weighted by Gasteiger charge is 2.52. The van der Waals surface area contributed by atoms with Gasteiger partial charge in [-0.15, -0.1) is 0 Å². The second-order valence-electron chi connectivity index (χ2n) is 14.6. The largest absolute Gasteiger partial charge is 0.513 e. The maximum absolute atomic E-state index is 13.7. The molecule has 3 aromatic heterocycles. The number of nitrogens with zero attached hydrogens (tertiary/aromatic N) is 5. The molecule has 2 aromatic carbocycles. The minimum atomic E-state index is -0.699. The van der Waals surface area contributed by atoms with Crippen molar-refractivity contribution in [1.29, 1.82) is 0 Å². The number of imidazole rings is 1. The molecule has 0 spiro atoms. The van der Waals surface area contributed by atoms with Gasteiger partial charge in [-0.05, 0) is 78.3 Å². The lowest BCUT2D eigenvalue weighted by Gasteiger charge is -2.32. The summed E-state index contributed by atoms with van der Waals surface area (Å²) in [6.45, 7) is 15.4. The lowest BCUT2D eigenvalue weighted by atomic mass is 9.85. The zero-order valence-electron chi connectivity index (χ0n) is 29.7. The summed E-state index contributed by atoms with van der Waals surface area (Å²) in [5.74, 6) is 0.949. The Balaban J connectivity index is 1.29. The summed E-state index contributed by atoms with van der Waals surface area (Å²) in [5.41, 5.74) is 9.57. The molecule has 0 unspecified atom stereocenters. The first kappa shape index (κ1) is 35.8. The number of hydrogen-bond donors (Lipinski definition) is 2. The Hall–Kier alpha value is -3.98. The first-order chi connectivity index (χ1) is 23.6. The fourth-order valence-electron chi connectivity index (χ4n) is 5.79. The number of aromatic amines is 1. The fourth-order valence-corrected chi connectivity index (χ4v) is 6.14. The van der Waals surface area contributed by atoms with Gasteiger partial charge in [-0.3, -0.25) is 5.10 Å². The molecule has 0 aliphatic carbocycles. The molecule has 0 radical (unpaired) electrons. The number of ether oxygens (including phenoxy) is 2. The van der Waals surface area contributed by atoms with Gasteiger partial charge < -0.3 is 34.0 Å². The SMILES string of the molecule is CC(C)(C)OC(=O)N(CCc1cc(B2OC(C)(C)C(C)(C)O2)[nH]n1)Cc1nc2c(N)nc3cc(Br)ccc3c2n1CCOCc1ccccc1. The number of amides is 1. The highest BCUT2D eigenvalue weighted by atomic mass is 79.9. The lowest BCUT2D eigenvalue weighted by Crippen LogP contribution is -2.41. The summed E-state index contributed by atoms with van der Waals surface area (Å²) in [6.07, 6.45) is -0.00547. The van der Waals surface area contributed by atoms with Crippen LogP contribution in [0.15, 0.2) is 59.1 Å². The quantitative estimate of drug-likeness (QED) is 0.120. The Bertz CT molecular complexity index is 1970. The molecule has 3 N–H and O–H groups in total. The van der Waals surface area contributed by atoms with E-state index in [2.05, 4.69) is 35.7 Å². The summed E-state index contributed by atoms with van der Waals surface area (Å²) in [4.78, 5) is 25.0. The average Bonchev–Trinajstić information content (AvgIpc) is 3.71. The van der Waals surface area contributed by atoms with Gasteiger partial charge in [-0.1, -0.05) is 46.3 Å². The molecule has 1 saturated heterocycles. The summed E-state index contributed by atoms with van der Waals surface area (Å²) >= 11 is 3.56. The van der Waals surface area contributed by atoms with E-state index in [0.29, 0.717) is 49.9 Å². The van der Waals surface area contributed by atoms with Crippen LogP contribution in [0.25, 0.3) is 21.9 Å². The van der Waals surface area contributed by atoms with E-state index in [0.717, 1.165) is 37.7 Å². The summed E-state index contributed by atoms with van der Waals surface area (Å²) < 4.78 is 27.4. The minimum Gasteiger partial charge on any atom is -0.444 e. The van der Waals surface area contributed by atoms with Gasteiger partial charge in [0, 0.05) is 29.4 Å². The molecule has 1 aliphatic heterocycles. The van der Waals surface area contributed by atoms with E-state index in [4.69, 9.17) is 29.5 Å². The van der Waals surface area contributed by atoms with Gasteiger partial charge >= 0.3 is 13.2 Å². The monoisotopic (exact) mass is 745 g/mol. The molecule has 14 heteroatoms. The Kier molecular flexibility index (Phi) is 10.0. The number of fused-ring (bicyclic) bond motifs is 3. The minimum absolute atomic E-state index is 0.161. The van der Waals surface area contributed by atoms with Gasteiger partial charge in [0.15, 0.2) is 5.82 Å². The maximum atomic E-state index is 13.7. The number of nitrogen functional groups attached to an aromatic ring is 1. The molecule has 264 valence electrons. The number of aromatic nitrogens is 5. The summed E-state index contributed by atoms with van der Waals surface area (Å²) in [7, 11) is -0.568. The van der Waals surface area contributed by atoms with Crippen molar-refractivity contribution in [2.75, 3.05) is 18.9 Å². The van der Waals surface area contributed by atoms with Crippen LogP contribution in [0.2, 0.25) is 0 Å². The topological polar surface area (TPSA) is 143 Å². The Morgan fingerprint density at radius 3 is 2.48 bits per heavy atom. The predicted octanol–water partition coefficient (Wildman–Crippen LogP) is 6.15. The predicted molar refractivity (Wildman–Crippen MR) is 198 cm³/mol. The molecule has 0 atom stereocenters. The number of carbonyl (C=O) groups is 1. The van der Waals surface area contributed by atoms with E-state index in [1.165, 1.54) is 0 Å². The number of rotatable bonds is 11. The van der Waals surface area contributed by atoms with E-state index >= 15 is 0 Å².